The van der Waals surface area contributed by atoms with Gasteiger partial charge in [-0.1, -0.05) is 12.1 Å². The number of ether oxygens (including phenoxy) is 1. The van der Waals surface area contributed by atoms with Crippen molar-refractivity contribution in [3.8, 4) is 17.6 Å². The van der Waals surface area contributed by atoms with Crippen molar-refractivity contribution in [1.82, 2.24) is 4.98 Å². The lowest BCUT2D eigenvalue weighted by molar-refractivity contribution is 0.472. The predicted octanol–water partition coefficient (Wildman–Crippen LogP) is 3.08. The topological polar surface area (TPSA) is 45.9 Å². The number of halogens is 1. The molecule has 0 amide bonds. The SMILES string of the molecule is N#CCc1ccc(Oc2ccnc(F)c2)cc1. The molecule has 0 bridgehead atoms. The van der Waals surface area contributed by atoms with E-state index >= 15 is 0 Å². The summed E-state index contributed by atoms with van der Waals surface area (Å²) in [6, 6.07) is 11.9. The highest BCUT2D eigenvalue weighted by Crippen LogP contribution is 2.21. The number of hydrogen-bond acceptors (Lipinski definition) is 3. The number of rotatable bonds is 3. The van der Waals surface area contributed by atoms with Crippen LogP contribution in [0.3, 0.4) is 0 Å². The third-order valence-electron chi connectivity index (χ3n) is 2.14. The smallest absolute Gasteiger partial charge is 0.216 e. The van der Waals surface area contributed by atoms with Gasteiger partial charge in [-0.3, -0.25) is 0 Å². The van der Waals surface area contributed by atoms with Crippen molar-refractivity contribution in [3.63, 3.8) is 0 Å². The van der Waals surface area contributed by atoms with Gasteiger partial charge in [-0.05, 0) is 23.8 Å². The van der Waals surface area contributed by atoms with Crippen LogP contribution in [-0.2, 0) is 6.42 Å². The lowest BCUT2D eigenvalue weighted by Gasteiger charge is -2.05. The minimum atomic E-state index is -0.580. The second-order valence-electron chi connectivity index (χ2n) is 3.40. The van der Waals surface area contributed by atoms with Gasteiger partial charge >= 0.3 is 0 Å². The summed E-state index contributed by atoms with van der Waals surface area (Å²) in [7, 11) is 0. The first-order valence-electron chi connectivity index (χ1n) is 5.03. The van der Waals surface area contributed by atoms with Crippen molar-refractivity contribution in [2.45, 2.75) is 6.42 Å². The maximum Gasteiger partial charge on any atom is 0.216 e. The molecule has 0 N–H and O–H groups in total. The van der Waals surface area contributed by atoms with Crippen LogP contribution < -0.4 is 4.74 Å². The zero-order chi connectivity index (χ0) is 12.1. The summed E-state index contributed by atoms with van der Waals surface area (Å²) >= 11 is 0. The maximum absolute atomic E-state index is 12.8. The molecule has 1 aromatic carbocycles. The molecule has 1 aromatic heterocycles. The van der Waals surface area contributed by atoms with Gasteiger partial charge in [0.1, 0.15) is 11.5 Å². The van der Waals surface area contributed by atoms with Gasteiger partial charge in [-0.2, -0.15) is 9.65 Å². The quantitative estimate of drug-likeness (QED) is 0.758. The standard InChI is InChI=1S/C13H9FN2O/c14-13-9-12(6-8-16-13)17-11-3-1-10(2-4-11)5-7-15/h1-4,6,8-9H,5H2. The van der Waals surface area contributed by atoms with Crippen LogP contribution in [0.2, 0.25) is 0 Å². The van der Waals surface area contributed by atoms with Gasteiger partial charge in [0.2, 0.25) is 5.95 Å². The van der Waals surface area contributed by atoms with Crippen LogP contribution in [0.4, 0.5) is 4.39 Å². The molecule has 4 heteroatoms. The molecule has 0 aliphatic rings. The number of benzene rings is 1. The van der Waals surface area contributed by atoms with E-state index in [1.165, 1.54) is 12.3 Å². The molecule has 84 valence electrons. The third kappa shape index (κ3) is 3.02. The summed E-state index contributed by atoms with van der Waals surface area (Å²) in [5.74, 6) is 0.409. The van der Waals surface area contributed by atoms with Crippen molar-refractivity contribution in [1.29, 1.82) is 5.26 Å². The Hall–Kier alpha value is -2.41. The normalized spacial score (nSPS) is 9.65. The molecule has 1 heterocycles. The van der Waals surface area contributed by atoms with E-state index in [0.717, 1.165) is 5.56 Å². The molecule has 0 aliphatic heterocycles. The van der Waals surface area contributed by atoms with Crippen molar-refractivity contribution < 1.29 is 9.13 Å². The molecular weight excluding hydrogens is 219 g/mol. The molecule has 17 heavy (non-hydrogen) atoms. The molecule has 0 saturated heterocycles. The number of aromatic nitrogens is 1. The molecule has 0 spiro atoms. The Morgan fingerprint density at radius 2 is 1.94 bits per heavy atom. The zero-order valence-electron chi connectivity index (χ0n) is 8.93. The van der Waals surface area contributed by atoms with Crippen LogP contribution in [0.1, 0.15) is 5.56 Å². The lowest BCUT2D eigenvalue weighted by atomic mass is 10.2. The first-order valence-corrected chi connectivity index (χ1v) is 5.03. The molecule has 2 rings (SSSR count). The second kappa shape index (κ2) is 5.08. The highest BCUT2D eigenvalue weighted by atomic mass is 19.1. The molecule has 0 radical (unpaired) electrons. The first kappa shape index (κ1) is 11.1. The molecular formula is C13H9FN2O. The molecule has 0 atom stereocenters. The van der Waals surface area contributed by atoms with Crippen LogP contribution in [0, 0.1) is 17.3 Å². The fraction of sp³-hybridized carbons (Fsp3) is 0.0769. The fourth-order valence-electron chi connectivity index (χ4n) is 1.35. The Labute approximate surface area is 98.1 Å². The van der Waals surface area contributed by atoms with E-state index in [4.69, 9.17) is 10.00 Å². The molecule has 0 fully saturated rings. The van der Waals surface area contributed by atoms with Gasteiger partial charge in [0.15, 0.2) is 0 Å². The number of pyridine rings is 1. The molecule has 0 saturated carbocycles. The van der Waals surface area contributed by atoms with Gasteiger partial charge in [-0.15, -0.1) is 0 Å². The van der Waals surface area contributed by atoms with E-state index in [0.29, 0.717) is 17.9 Å². The van der Waals surface area contributed by atoms with E-state index in [2.05, 4.69) is 11.1 Å². The van der Waals surface area contributed by atoms with Gasteiger partial charge in [0.05, 0.1) is 12.5 Å². The van der Waals surface area contributed by atoms with Crippen LogP contribution in [0.15, 0.2) is 42.6 Å². The van der Waals surface area contributed by atoms with Gasteiger partial charge in [-0.25, -0.2) is 4.98 Å². The van der Waals surface area contributed by atoms with E-state index in [-0.39, 0.29) is 0 Å². The van der Waals surface area contributed by atoms with E-state index in [1.807, 2.05) is 0 Å². The van der Waals surface area contributed by atoms with E-state index in [1.54, 1.807) is 30.3 Å². The average Bonchev–Trinajstić information content (AvgIpc) is 2.32. The van der Waals surface area contributed by atoms with Crippen molar-refractivity contribution >= 4 is 0 Å². The summed E-state index contributed by atoms with van der Waals surface area (Å²) in [6.07, 6.45) is 1.71. The highest BCUT2D eigenvalue weighted by molar-refractivity contribution is 5.33. The number of hydrogen-bond donors (Lipinski definition) is 0. The third-order valence-corrected chi connectivity index (χ3v) is 2.14. The van der Waals surface area contributed by atoms with Crippen LogP contribution >= 0.6 is 0 Å². The Morgan fingerprint density at radius 1 is 1.18 bits per heavy atom. The summed E-state index contributed by atoms with van der Waals surface area (Å²) in [4.78, 5) is 3.44. The largest absolute Gasteiger partial charge is 0.457 e. The predicted molar refractivity (Wildman–Crippen MR) is 60.0 cm³/mol. The monoisotopic (exact) mass is 228 g/mol. The molecule has 0 aliphatic carbocycles. The Kier molecular flexibility index (Phi) is 3.31. The average molecular weight is 228 g/mol. The minimum Gasteiger partial charge on any atom is -0.457 e. The number of nitrogens with zero attached hydrogens (tertiary/aromatic N) is 2. The van der Waals surface area contributed by atoms with Gasteiger partial charge < -0.3 is 4.74 Å². The minimum absolute atomic E-state index is 0.365. The van der Waals surface area contributed by atoms with Crippen LogP contribution in [-0.4, -0.2) is 4.98 Å². The second-order valence-corrected chi connectivity index (χ2v) is 3.40. The van der Waals surface area contributed by atoms with Crippen molar-refractivity contribution in [3.05, 3.63) is 54.1 Å². The summed E-state index contributed by atoms with van der Waals surface area (Å²) in [5, 5.41) is 8.52. The van der Waals surface area contributed by atoms with Crippen molar-refractivity contribution in [2.75, 3.05) is 0 Å². The fourth-order valence-corrected chi connectivity index (χ4v) is 1.35. The van der Waals surface area contributed by atoms with Crippen LogP contribution in [0.25, 0.3) is 0 Å². The molecule has 3 nitrogen and oxygen atoms in total. The Morgan fingerprint density at radius 3 is 2.59 bits per heavy atom. The zero-order valence-corrected chi connectivity index (χ0v) is 8.93. The Bertz CT molecular complexity index is 546. The van der Waals surface area contributed by atoms with Gasteiger partial charge in [0.25, 0.3) is 0 Å². The summed E-state index contributed by atoms with van der Waals surface area (Å²) in [6.45, 7) is 0. The summed E-state index contributed by atoms with van der Waals surface area (Å²) in [5.41, 5.74) is 0.917. The highest BCUT2D eigenvalue weighted by Gasteiger charge is 1.99. The van der Waals surface area contributed by atoms with E-state index < -0.39 is 5.95 Å². The molecule has 0 unspecified atom stereocenters. The van der Waals surface area contributed by atoms with Crippen LogP contribution in [0.5, 0.6) is 11.5 Å². The van der Waals surface area contributed by atoms with Crippen molar-refractivity contribution in [2.24, 2.45) is 0 Å². The number of nitriles is 1. The summed E-state index contributed by atoms with van der Waals surface area (Å²) < 4.78 is 18.2. The Balaban J connectivity index is 2.11. The first-order chi connectivity index (χ1) is 8.28. The lowest BCUT2D eigenvalue weighted by Crippen LogP contribution is -1.88. The van der Waals surface area contributed by atoms with E-state index in [9.17, 15) is 4.39 Å². The van der Waals surface area contributed by atoms with Gasteiger partial charge in [0, 0.05) is 12.3 Å². The molecule has 2 aromatic rings. The maximum atomic E-state index is 12.8.